The summed E-state index contributed by atoms with van der Waals surface area (Å²) in [7, 11) is 0. The van der Waals surface area contributed by atoms with Gasteiger partial charge in [-0.1, -0.05) is 55.6 Å². The SMILES string of the molecule is CCCCC1CN(Cc2cccc(C(=O)O)c2)C(=O)c2cc(-c3ccc(Cl)cc3)nn21. The van der Waals surface area contributed by atoms with Crippen LogP contribution in [0.3, 0.4) is 0 Å². The number of carboxylic acid groups (broad SMARTS) is 1. The number of nitrogens with zero attached hydrogens (tertiary/aromatic N) is 3. The number of unbranched alkanes of at least 4 members (excludes halogenated alkanes) is 1. The second-order valence-corrected chi connectivity index (χ2v) is 8.29. The van der Waals surface area contributed by atoms with Crippen LogP contribution in [-0.2, 0) is 6.54 Å². The summed E-state index contributed by atoms with van der Waals surface area (Å²) in [6, 6.07) is 16.1. The molecule has 7 heteroatoms. The van der Waals surface area contributed by atoms with Gasteiger partial charge in [0, 0.05) is 23.7 Å². The van der Waals surface area contributed by atoms with E-state index in [1.165, 1.54) is 0 Å². The van der Waals surface area contributed by atoms with Crippen LogP contribution in [0.4, 0.5) is 0 Å². The van der Waals surface area contributed by atoms with Gasteiger partial charge in [-0.2, -0.15) is 5.10 Å². The first-order valence-corrected chi connectivity index (χ1v) is 10.8. The van der Waals surface area contributed by atoms with Gasteiger partial charge in [-0.15, -0.1) is 0 Å². The summed E-state index contributed by atoms with van der Waals surface area (Å²) in [6.07, 6.45) is 3.02. The highest BCUT2D eigenvalue weighted by molar-refractivity contribution is 6.30. The Morgan fingerprint density at radius 1 is 1.19 bits per heavy atom. The lowest BCUT2D eigenvalue weighted by atomic mass is 10.0. The van der Waals surface area contributed by atoms with Crippen molar-refractivity contribution in [2.45, 2.75) is 38.8 Å². The summed E-state index contributed by atoms with van der Waals surface area (Å²) in [5, 5.41) is 14.7. The van der Waals surface area contributed by atoms with Gasteiger partial charge >= 0.3 is 5.97 Å². The van der Waals surface area contributed by atoms with Crippen molar-refractivity contribution in [3.8, 4) is 11.3 Å². The molecule has 6 nitrogen and oxygen atoms in total. The summed E-state index contributed by atoms with van der Waals surface area (Å²) in [5.74, 6) is -1.07. The number of carbonyl (C=O) groups excluding carboxylic acids is 1. The summed E-state index contributed by atoms with van der Waals surface area (Å²) in [4.78, 5) is 26.4. The van der Waals surface area contributed by atoms with Gasteiger partial charge in [0.1, 0.15) is 5.69 Å². The van der Waals surface area contributed by atoms with E-state index in [1.807, 2.05) is 41.1 Å². The van der Waals surface area contributed by atoms with Crippen molar-refractivity contribution >= 4 is 23.5 Å². The van der Waals surface area contributed by atoms with E-state index >= 15 is 0 Å². The van der Waals surface area contributed by atoms with Crippen LogP contribution in [0.2, 0.25) is 5.02 Å². The molecule has 1 aromatic heterocycles. The number of halogens is 1. The molecule has 160 valence electrons. The van der Waals surface area contributed by atoms with Gasteiger partial charge in [0.05, 0.1) is 17.3 Å². The summed E-state index contributed by atoms with van der Waals surface area (Å²) < 4.78 is 1.87. The highest BCUT2D eigenvalue weighted by Gasteiger charge is 2.33. The Balaban J connectivity index is 1.66. The van der Waals surface area contributed by atoms with Crippen LogP contribution in [0.15, 0.2) is 54.6 Å². The predicted molar refractivity (Wildman–Crippen MR) is 119 cm³/mol. The van der Waals surface area contributed by atoms with Crippen LogP contribution in [0, 0.1) is 0 Å². The van der Waals surface area contributed by atoms with E-state index in [4.69, 9.17) is 16.7 Å². The lowest BCUT2D eigenvalue weighted by Gasteiger charge is -2.33. The first kappa shape index (κ1) is 21.1. The molecule has 1 atom stereocenters. The lowest BCUT2D eigenvalue weighted by molar-refractivity contribution is 0.0635. The predicted octanol–water partition coefficient (Wildman–Crippen LogP) is 5.29. The summed E-state index contributed by atoms with van der Waals surface area (Å²) in [6.45, 7) is 3.06. The summed E-state index contributed by atoms with van der Waals surface area (Å²) >= 11 is 6.01. The fourth-order valence-corrected chi connectivity index (χ4v) is 4.11. The highest BCUT2D eigenvalue weighted by atomic mass is 35.5. The van der Waals surface area contributed by atoms with Crippen LogP contribution < -0.4 is 0 Å². The first-order chi connectivity index (χ1) is 15.0. The standard InChI is InChI=1S/C24H24ClN3O3/c1-2-3-7-20-15-27(14-16-5-4-6-18(12-16)24(30)31)23(29)22-13-21(26-28(20)22)17-8-10-19(25)11-9-17/h4-6,8-13,20H,2-3,7,14-15H2,1H3,(H,30,31). The Morgan fingerprint density at radius 3 is 2.68 bits per heavy atom. The van der Waals surface area contributed by atoms with E-state index in [0.717, 1.165) is 36.1 Å². The fraction of sp³-hybridized carbons (Fsp3) is 0.292. The van der Waals surface area contributed by atoms with Gasteiger partial charge in [-0.3, -0.25) is 9.48 Å². The fourth-order valence-electron chi connectivity index (χ4n) is 3.98. The normalized spacial score (nSPS) is 15.7. The van der Waals surface area contributed by atoms with Gasteiger partial charge in [0.25, 0.3) is 5.91 Å². The van der Waals surface area contributed by atoms with Crippen molar-refractivity contribution in [1.82, 2.24) is 14.7 Å². The number of amides is 1. The third-order valence-corrected chi connectivity index (χ3v) is 5.85. The Kier molecular flexibility index (Phi) is 6.09. The molecule has 1 aliphatic heterocycles. The highest BCUT2D eigenvalue weighted by Crippen LogP contribution is 2.30. The molecule has 0 spiro atoms. The molecule has 1 aliphatic rings. The second kappa shape index (κ2) is 8.94. The molecule has 0 fully saturated rings. The zero-order valence-corrected chi connectivity index (χ0v) is 18.0. The molecule has 31 heavy (non-hydrogen) atoms. The van der Waals surface area contributed by atoms with Gasteiger partial charge in [-0.25, -0.2) is 4.79 Å². The quantitative estimate of drug-likeness (QED) is 0.545. The molecular formula is C24H24ClN3O3. The van der Waals surface area contributed by atoms with E-state index in [-0.39, 0.29) is 17.5 Å². The second-order valence-electron chi connectivity index (χ2n) is 7.85. The maximum atomic E-state index is 13.3. The number of hydrogen-bond acceptors (Lipinski definition) is 3. The van der Waals surface area contributed by atoms with Crippen molar-refractivity contribution in [3.05, 3.63) is 76.4 Å². The molecule has 1 N–H and O–H groups in total. The average molecular weight is 438 g/mol. The number of benzene rings is 2. The topological polar surface area (TPSA) is 75.4 Å². The Hall–Kier alpha value is -3.12. The molecule has 0 saturated heterocycles. The zero-order valence-electron chi connectivity index (χ0n) is 17.3. The van der Waals surface area contributed by atoms with Gasteiger partial charge < -0.3 is 10.0 Å². The van der Waals surface area contributed by atoms with E-state index in [2.05, 4.69) is 6.92 Å². The number of rotatable bonds is 7. The lowest BCUT2D eigenvalue weighted by Crippen LogP contribution is -2.42. The minimum atomic E-state index is -0.974. The monoisotopic (exact) mass is 437 g/mol. The maximum Gasteiger partial charge on any atom is 0.335 e. The van der Waals surface area contributed by atoms with Crippen molar-refractivity contribution in [2.75, 3.05) is 6.54 Å². The Labute approximate surface area is 186 Å². The number of hydrogen-bond donors (Lipinski definition) is 1. The molecule has 3 aromatic rings. The van der Waals surface area contributed by atoms with Gasteiger partial charge in [-0.05, 0) is 42.3 Å². The van der Waals surface area contributed by atoms with Crippen LogP contribution in [-0.4, -0.2) is 38.2 Å². The Bertz CT molecular complexity index is 1110. The molecule has 0 aliphatic carbocycles. The first-order valence-electron chi connectivity index (χ1n) is 10.4. The molecule has 1 unspecified atom stereocenters. The molecule has 0 radical (unpaired) electrons. The molecule has 4 rings (SSSR count). The number of aromatic carboxylic acids is 1. The largest absolute Gasteiger partial charge is 0.478 e. The molecule has 1 amide bonds. The van der Waals surface area contributed by atoms with Crippen molar-refractivity contribution in [2.24, 2.45) is 0 Å². The average Bonchev–Trinajstić information content (AvgIpc) is 3.21. The van der Waals surface area contributed by atoms with E-state index in [9.17, 15) is 14.7 Å². The number of fused-ring (bicyclic) bond motifs is 1. The molecule has 0 bridgehead atoms. The Morgan fingerprint density at radius 2 is 1.97 bits per heavy atom. The van der Waals surface area contributed by atoms with Crippen LogP contribution in [0.25, 0.3) is 11.3 Å². The van der Waals surface area contributed by atoms with Gasteiger partial charge in [0.15, 0.2) is 0 Å². The van der Waals surface area contributed by atoms with Crippen molar-refractivity contribution in [3.63, 3.8) is 0 Å². The number of carboxylic acids is 1. The van der Waals surface area contributed by atoms with Crippen molar-refractivity contribution < 1.29 is 14.7 Å². The van der Waals surface area contributed by atoms with E-state index in [1.54, 1.807) is 23.1 Å². The number of carbonyl (C=O) groups is 2. The van der Waals surface area contributed by atoms with Gasteiger partial charge in [0.2, 0.25) is 0 Å². The third kappa shape index (κ3) is 4.49. The van der Waals surface area contributed by atoms with Crippen LogP contribution >= 0.6 is 11.6 Å². The minimum absolute atomic E-state index is 0.0800. The van der Waals surface area contributed by atoms with Crippen LogP contribution in [0.1, 0.15) is 58.6 Å². The molecule has 0 saturated carbocycles. The van der Waals surface area contributed by atoms with E-state index in [0.29, 0.717) is 23.8 Å². The zero-order chi connectivity index (χ0) is 22.0. The minimum Gasteiger partial charge on any atom is -0.478 e. The third-order valence-electron chi connectivity index (χ3n) is 5.60. The maximum absolute atomic E-state index is 13.3. The van der Waals surface area contributed by atoms with Crippen molar-refractivity contribution in [1.29, 1.82) is 0 Å². The molecule has 2 heterocycles. The number of aromatic nitrogens is 2. The van der Waals surface area contributed by atoms with E-state index < -0.39 is 5.97 Å². The summed E-state index contributed by atoms with van der Waals surface area (Å²) in [5.41, 5.74) is 3.24. The smallest absolute Gasteiger partial charge is 0.335 e. The molecular weight excluding hydrogens is 414 g/mol. The molecule has 2 aromatic carbocycles. The van der Waals surface area contributed by atoms with Crippen LogP contribution in [0.5, 0.6) is 0 Å².